The van der Waals surface area contributed by atoms with Gasteiger partial charge in [-0.3, -0.25) is 4.79 Å². The quantitative estimate of drug-likeness (QED) is 0.0127. The number of hydrogen-bond acceptors (Lipinski definition) is 15. The summed E-state index contributed by atoms with van der Waals surface area (Å²) in [6, 6.07) is 91.1. The molecule has 13 nitrogen and oxygen atoms in total. The molecule has 0 spiro atoms. The van der Waals surface area contributed by atoms with Crippen molar-refractivity contribution in [3.05, 3.63) is 275 Å². The van der Waals surface area contributed by atoms with Crippen molar-refractivity contribution >= 4 is 124 Å². The standard InChI is InChI=1S/C62H67N3O4S2.C57H64N2O4S2.CH4/c1-4-7-10-13-14-15-38-64-58-42-57(41-56(44-63)69-45-66)70-61(58)62-59(64)43-60(71-62)50-22-32-53(33-23-50)65(51-28-18-46(19-29-51)48-24-34-54(35-25-48)67-39-16-11-8-5-2)52-30-20-47(21-31-52)49-26-36-55(37-27-49)68-40-17-12-9-6-3;1-5-9-13-15-35-62-48-29-21-42(22-30-48)41-17-23-45(24-18-41)59(47-27-31-49(32-28-47)63-36-16-14-10-6-2)46-25-19-43(20-26-46)53-39-52-55(65-53)54-51(57(52,33-11-7-3)34-12-8-4)38-50(64-54)37-44(40-58)56(60)61;/h18-37,41-43,45H,4-17,38-40H2,1-3H3;17-32,37-39H,5-16,33-36H2,1-4H3,(H,60,61);1H4/b56-41-;44-37-;. The number of nitriles is 2. The summed E-state index contributed by atoms with van der Waals surface area (Å²) in [5, 5.41) is 28.8. The van der Waals surface area contributed by atoms with Gasteiger partial charge in [0.15, 0.2) is 0 Å². The lowest BCUT2D eigenvalue weighted by Crippen LogP contribution is -2.24. The molecule has 9 aromatic carbocycles. The van der Waals surface area contributed by atoms with Crippen LogP contribution in [0.15, 0.2) is 254 Å². The molecule has 1 aliphatic rings. The fraction of sp³-hybridized carbons (Fsp3) is 0.350. The maximum atomic E-state index is 11.8. The average Bonchev–Trinajstić information content (AvgIpc) is 1.55. The average molecular weight is 1900 g/mol. The molecule has 137 heavy (non-hydrogen) atoms. The highest BCUT2D eigenvalue weighted by Crippen LogP contribution is 2.61. The maximum Gasteiger partial charge on any atom is 0.346 e. The van der Waals surface area contributed by atoms with E-state index < -0.39 is 5.97 Å². The Morgan fingerprint density at radius 1 is 0.358 bits per heavy atom. The number of ether oxygens (including phenoxy) is 5. The summed E-state index contributed by atoms with van der Waals surface area (Å²) >= 11 is 6.89. The molecule has 0 aliphatic heterocycles. The molecule has 5 heterocycles. The fourth-order valence-corrected chi connectivity index (χ4v) is 23.2. The smallest absolute Gasteiger partial charge is 0.346 e. The van der Waals surface area contributed by atoms with Gasteiger partial charge in [0, 0.05) is 81.4 Å². The first-order valence-electron chi connectivity index (χ1n) is 49.8. The molecule has 0 saturated carbocycles. The third-order valence-corrected chi connectivity index (χ3v) is 30.6. The molecule has 0 fully saturated rings. The normalized spacial score (nSPS) is 12.0. The molecule has 5 aromatic heterocycles. The molecule has 0 amide bonds. The van der Waals surface area contributed by atoms with E-state index >= 15 is 0 Å². The van der Waals surface area contributed by atoms with Crippen LogP contribution in [0.1, 0.15) is 257 Å². The Balaban J connectivity index is 0.000000231. The first kappa shape index (κ1) is 102. The van der Waals surface area contributed by atoms with Crippen LogP contribution in [-0.4, -0.2) is 48.5 Å². The number of thiophene rings is 4. The van der Waals surface area contributed by atoms with E-state index in [1.54, 1.807) is 46.2 Å². The summed E-state index contributed by atoms with van der Waals surface area (Å²) in [5.74, 6) is 2.42. The number of carboxylic acid groups (broad SMARTS) is 1. The highest BCUT2D eigenvalue weighted by molar-refractivity contribution is 7.29. The second kappa shape index (κ2) is 52.4. The molecule has 17 heteroatoms. The van der Waals surface area contributed by atoms with E-state index in [-0.39, 0.29) is 24.2 Å². The number of nitrogens with zero attached hydrogens (tertiary/aromatic N) is 5. The molecule has 712 valence electrons. The maximum absolute atomic E-state index is 11.8. The SMILES string of the molecule is C.CCCCCCCCn1c2cc(/C=C(/C#N)OC=O)sc2c2sc(-c3ccc(N(c4ccc(-c5ccc(OCCCCCC)cc5)cc4)c4ccc(-c5ccc(OCCCCCC)cc5)cc4)cc3)cc21.CCCCCCOc1ccc(-c2ccc(N(c3ccc(OCCCCCC)cc3)c3ccc(-c4cc5c(s4)-c4sc(/C=C(/C#N)C(=O)O)cc4C5(CCCC)CCCC)cc3)cc2)cc1. The second-order valence-electron chi connectivity index (χ2n) is 35.6. The van der Waals surface area contributed by atoms with Gasteiger partial charge in [-0.05, 0) is 252 Å². The zero-order valence-electron chi connectivity index (χ0n) is 80.3. The van der Waals surface area contributed by atoms with Crippen molar-refractivity contribution in [1.82, 2.24) is 4.57 Å². The van der Waals surface area contributed by atoms with Crippen LogP contribution in [0.3, 0.4) is 0 Å². The van der Waals surface area contributed by atoms with Gasteiger partial charge in [0.2, 0.25) is 5.76 Å². The van der Waals surface area contributed by atoms with Crippen LogP contribution in [0.25, 0.3) is 96.6 Å². The molecule has 0 radical (unpaired) electrons. The zero-order chi connectivity index (χ0) is 94.8. The lowest BCUT2D eigenvalue weighted by atomic mass is 9.71. The monoisotopic (exact) mass is 1900 g/mol. The van der Waals surface area contributed by atoms with Gasteiger partial charge in [-0.1, -0.05) is 288 Å². The van der Waals surface area contributed by atoms with Crippen molar-refractivity contribution in [3.8, 4) is 99.2 Å². The third-order valence-electron chi connectivity index (χ3n) is 25.7. The van der Waals surface area contributed by atoms with E-state index in [0.717, 1.165) is 215 Å². The first-order chi connectivity index (χ1) is 66.8. The number of aryl methyl sites for hydroxylation is 1. The molecular weight excluding hydrogens is 1770 g/mol. The zero-order valence-corrected chi connectivity index (χ0v) is 83.6. The molecule has 0 bridgehead atoms. The van der Waals surface area contributed by atoms with Gasteiger partial charge >= 0.3 is 5.97 Å². The Bertz CT molecular complexity index is 6160. The number of anilines is 6. The van der Waals surface area contributed by atoms with Crippen molar-refractivity contribution in [2.75, 3.05) is 36.2 Å². The molecule has 1 N–H and O–H groups in total. The number of hydrogen-bond donors (Lipinski definition) is 1. The van der Waals surface area contributed by atoms with Crippen LogP contribution in [0.5, 0.6) is 23.0 Å². The minimum atomic E-state index is -1.19. The van der Waals surface area contributed by atoms with Crippen molar-refractivity contribution in [1.29, 1.82) is 10.5 Å². The number of aliphatic carboxylic acids is 1. The van der Waals surface area contributed by atoms with Gasteiger partial charge in [-0.15, -0.1) is 45.3 Å². The van der Waals surface area contributed by atoms with E-state index in [4.69, 9.17) is 23.7 Å². The van der Waals surface area contributed by atoms with Crippen LogP contribution >= 0.6 is 45.3 Å². The summed E-state index contributed by atoms with van der Waals surface area (Å²) in [7, 11) is 0. The van der Waals surface area contributed by atoms with E-state index in [1.807, 2.05) is 23.5 Å². The van der Waals surface area contributed by atoms with Crippen molar-refractivity contribution in [2.45, 2.75) is 248 Å². The van der Waals surface area contributed by atoms with Crippen LogP contribution in [0.2, 0.25) is 0 Å². The minimum Gasteiger partial charge on any atom is -0.494 e. The summed E-state index contributed by atoms with van der Waals surface area (Å²) in [6.07, 6.45) is 36.0. The first-order valence-corrected chi connectivity index (χ1v) is 53.0. The number of fused-ring (bicyclic) bond motifs is 6. The summed E-state index contributed by atoms with van der Waals surface area (Å²) in [5.41, 5.74) is 20.3. The predicted octanol–water partition coefficient (Wildman–Crippen LogP) is 36.5. The summed E-state index contributed by atoms with van der Waals surface area (Å²) in [4.78, 5) is 34.2. The lowest BCUT2D eigenvalue weighted by molar-refractivity contribution is -0.132. The largest absolute Gasteiger partial charge is 0.494 e. The topological polar surface area (TPSA) is 160 Å². The van der Waals surface area contributed by atoms with E-state index in [9.17, 15) is 25.2 Å². The number of carbonyl (C=O) groups excluding carboxylic acids is 1. The van der Waals surface area contributed by atoms with Crippen LogP contribution in [0.4, 0.5) is 34.1 Å². The Hall–Kier alpha value is -12.2. The number of aromatic nitrogens is 1. The van der Waals surface area contributed by atoms with Crippen LogP contribution in [0, 0.1) is 22.7 Å². The molecule has 14 aromatic rings. The molecular formula is C120H135N5O8S4. The third kappa shape index (κ3) is 26.6. The Morgan fingerprint density at radius 3 is 1.04 bits per heavy atom. The van der Waals surface area contributed by atoms with E-state index in [0.29, 0.717) is 6.47 Å². The van der Waals surface area contributed by atoms with E-state index in [1.165, 1.54) is 160 Å². The Kier molecular flexibility index (Phi) is 39.1. The Labute approximate surface area is 829 Å². The highest BCUT2D eigenvalue weighted by Gasteiger charge is 2.45. The van der Waals surface area contributed by atoms with Crippen LogP contribution < -0.4 is 28.7 Å². The molecule has 0 saturated heterocycles. The van der Waals surface area contributed by atoms with Gasteiger partial charge in [-0.25, -0.2) is 4.79 Å². The number of rotatable bonds is 53. The second-order valence-corrected chi connectivity index (χ2v) is 39.8. The van der Waals surface area contributed by atoms with Crippen molar-refractivity contribution in [3.63, 3.8) is 0 Å². The van der Waals surface area contributed by atoms with E-state index in [2.05, 4.69) is 305 Å². The van der Waals surface area contributed by atoms with Gasteiger partial charge in [0.25, 0.3) is 6.47 Å². The van der Waals surface area contributed by atoms with Gasteiger partial charge < -0.3 is 43.2 Å². The molecule has 0 atom stereocenters. The summed E-state index contributed by atoms with van der Waals surface area (Å²) in [6.45, 7) is 19.9. The molecule has 1 aliphatic carbocycles. The number of benzene rings is 9. The highest BCUT2D eigenvalue weighted by atomic mass is 32.1. The molecule has 15 rings (SSSR count). The number of carbonyl (C=O) groups is 2. The van der Waals surface area contributed by atoms with Gasteiger partial charge in [-0.2, -0.15) is 10.5 Å². The minimum absolute atomic E-state index is 0. The number of unbranched alkanes of at least 4 members (excludes halogenated alkanes) is 19. The molecule has 0 unspecified atom stereocenters. The van der Waals surface area contributed by atoms with Crippen LogP contribution in [-0.2, 0) is 26.3 Å². The predicted molar refractivity (Wildman–Crippen MR) is 580 cm³/mol. The van der Waals surface area contributed by atoms with Crippen molar-refractivity contribution in [2.24, 2.45) is 0 Å². The van der Waals surface area contributed by atoms with Crippen molar-refractivity contribution < 1.29 is 38.4 Å². The Morgan fingerprint density at radius 2 is 0.672 bits per heavy atom. The lowest BCUT2D eigenvalue weighted by Gasteiger charge is -2.31. The summed E-state index contributed by atoms with van der Waals surface area (Å²) < 4.78 is 34.1. The van der Waals surface area contributed by atoms with Gasteiger partial charge in [0.05, 0.1) is 46.9 Å². The number of carboxylic acids is 1. The fourth-order valence-electron chi connectivity index (χ4n) is 18.2. The number of allylic oxidation sites excluding steroid dienone is 1. The van der Waals surface area contributed by atoms with Gasteiger partial charge in [0.1, 0.15) is 40.7 Å².